The van der Waals surface area contributed by atoms with Crippen LogP contribution in [0.25, 0.3) is 0 Å². The Kier molecular flexibility index (Phi) is 4.74. The summed E-state index contributed by atoms with van der Waals surface area (Å²) in [4.78, 5) is 4.17. The third-order valence-electron chi connectivity index (χ3n) is 2.13. The summed E-state index contributed by atoms with van der Waals surface area (Å²) in [6.45, 7) is 6.61. The number of imidazole rings is 1. The fraction of sp³-hybridized carbons (Fsp3) is 0.667. The molecule has 1 radical (unpaired) electrons. The van der Waals surface area contributed by atoms with Gasteiger partial charge in [-0.05, 0) is 7.05 Å². The smallest absolute Gasteiger partial charge is 0.000475 e. The number of hydrogen-bond donors (Lipinski definition) is 0. The van der Waals surface area contributed by atoms with Crippen LogP contribution in [0.1, 0.15) is 32.4 Å². The molecule has 0 unspecified atom stereocenters. The van der Waals surface area contributed by atoms with E-state index in [4.69, 9.17) is 0 Å². The van der Waals surface area contributed by atoms with Crippen molar-refractivity contribution in [2.45, 2.75) is 26.7 Å². The Bertz CT molecular complexity index is 230. The van der Waals surface area contributed by atoms with E-state index in [1.807, 2.05) is 17.8 Å². The predicted octanol–water partition coefficient (Wildman–Crippen LogP) is 1.98. The minimum absolute atomic E-state index is 0. The van der Waals surface area contributed by atoms with Crippen molar-refractivity contribution in [1.29, 1.82) is 0 Å². The second-order valence-corrected chi connectivity index (χ2v) is 3.41. The van der Waals surface area contributed by atoms with E-state index in [0.717, 1.165) is 5.69 Å². The van der Waals surface area contributed by atoms with Crippen molar-refractivity contribution in [2.75, 3.05) is 0 Å². The zero-order chi connectivity index (χ0) is 8.43. The maximum Gasteiger partial charge on any atom is 0.000475 e. The van der Waals surface area contributed by atoms with Crippen LogP contribution in [0.5, 0.6) is 0 Å². The molecule has 1 rings (SSSR count). The Morgan fingerprint density at radius 2 is 2.00 bits per heavy atom. The second-order valence-electron chi connectivity index (χ2n) is 3.41. The Morgan fingerprint density at radius 1 is 1.42 bits per heavy atom. The van der Waals surface area contributed by atoms with E-state index in [1.165, 1.54) is 0 Å². The molecular weight excluding hydrogens is 322 g/mol. The van der Waals surface area contributed by atoms with E-state index in [9.17, 15) is 0 Å². The molecule has 3 heteroatoms. The summed E-state index contributed by atoms with van der Waals surface area (Å²) in [6, 6.07) is 0. The Hall–Kier alpha value is -0.128. The minimum Gasteiger partial charge on any atom is -0.456 e. The van der Waals surface area contributed by atoms with Gasteiger partial charge in [0.25, 0.3) is 0 Å². The quantitative estimate of drug-likeness (QED) is 0.755. The van der Waals surface area contributed by atoms with Gasteiger partial charge in [0, 0.05) is 26.8 Å². The molecule has 0 N–H and O–H groups in total. The van der Waals surface area contributed by atoms with Crippen molar-refractivity contribution in [3.05, 3.63) is 18.2 Å². The van der Waals surface area contributed by atoms with Crippen molar-refractivity contribution in [1.82, 2.24) is 9.55 Å². The average Bonchev–Trinajstić information content (AvgIpc) is 2.34. The molecule has 1 heterocycles. The number of nitrogens with zero attached hydrogens (tertiary/aromatic N) is 2. The molecule has 0 bridgehead atoms. The van der Waals surface area contributed by atoms with E-state index >= 15 is 0 Å². The number of aryl methyl sites for hydroxylation is 1. The molecule has 0 saturated heterocycles. The average molecular weight is 337 g/mol. The summed E-state index contributed by atoms with van der Waals surface area (Å²) >= 11 is 0. The topological polar surface area (TPSA) is 17.8 Å². The fourth-order valence-electron chi connectivity index (χ4n) is 0.954. The van der Waals surface area contributed by atoms with Crippen LogP contribution >= 0.6 is 0 Å². The summed E-state index contributed by atoms with van der Waals surface area (Å²) in [7, 11) is 1.95. The SMILES string of the molecule is CC(C)[C@@H](C)c1cn(C)[c-]n1.[Re]. The zero-order valence-corrected chi connectivity index (χ0v) is 10.7. The number of hydrogen-bond acceptors (Lipinski definition) is 1. The van der Waals surface area contributed by atoms with Gasteiger partial charge in [-0.25, -0.2) is 0 Å². The van der Waals surface area contributed by atoms with Crippen LogP contribution in [0.2, 0.25) is 0 Å². The van der Waals surface area contributed by atoms with Gasteiger partial charge in [-0.1, -0.05) is 38.3 Å². The molecule has 0 aliphatic rings. The van der Waals surface area contributed by atoms with E-state index in [0.29, 0.717) is 11.8 Å². The first kappa shape index (κ1) is 11.9. The molecule has 2 nitrogen and oxygen atoms in total. The summed E-state index contributed by atoms with van der Waals surface area (Å²) in [5.41, 5.74) is 1.14. The van der Waals surface area contributed by atoms with Gasteiger partial charge >= 0.3 is 0 Å². The van der Waals surface area contributed by atoms with Crippen LogP contribution in [0.3, 0.4) is 0 Å². The summed E-state index contributed by atoms with van der Waals surface area (Å²) < 4.78 is 1.87. The third-order valence-corrected chi connectivity index (χ3v) is 2.13. The van der Waals surface area contributed by atoms with Gasteiger partial charge in [0.1, 0.15) is 0 Å². The first-order valence-electron chi connectivity index (χ1n) is 4.02. The molecule has 12 heavy (non-hydrogen) atoms. The van der Waals surface area contributed by atoms with Gasteiger partial charge in [0.15, 0.2) is 0 Å². The second kappa shape index (κ2) is 4.79. The van der Waals surface area contributed by atoms with E-state index in [-0.39, 0.29) is 20.4 Å². The number of aromatic nitrogens is 2. The van der Waals surface area contributed by atoms with Gasteiger partial charge in [-0.3, -0.25) is 0 Å². The molecule has 0 aromatic carbocycles. The van der Waals surface area contributed by atoms with Crippen LogP contribution in [-0.4, -0.2) is 9.55 Å². The standard InChI is InChI=1S/C9H15N2.Re/c1-7(2)8(3)9-5-11(4)6-10-9;/h5,7-8H,1-4H3;/q-1;/t8-;/m1./s1. The summed E-state index contributed by atoms with van der Waals surface area (Å²) in [5.74, 6) is 1.19. The first-order valence-corrected chi connectivity index (χ1v) is 4.02. The predicted molar refractivity (Wildman–Crippen MR) is 45.3 cm³/mol. The van der Waals surface area contributed by atoms with Gasteiger partial charge in [0.05, 0.1) is 0 Å². The third kappa shape index (κ3) is 2.73. The molecule has 1 aromatic rings. The van der Waals surface area contributed by atoms with Crippen LogP contribution in [0.15, 0.2) is 6.20 Å². The van der Waals surface area contributed by atoms with Gasteiger partial charge in [-0.15, -0.1) is 6.20 Å². The normalized spacial score (nSPS) is 12.8. The molecule has 1 atom stereocenters. The van der Waals surface area contributed by atoms with E-state index < -0.39 is 0 Å². The largest absolute Gasteiger partial charge is 0.456 e. The van der Waals surface area contributed by atoms with Crippen molar-refractivity contribution >= 4 is 0 Å². The molecule has 69 valence electrons. The van der Waals surface area contributed by atoms with Gasteiger partial charge < -0.3 is 9.55 Å². The molecule has 0 amide bonds. The van der Waals surface area contributed by atoms with E-state index in [1.54, 1.807) is 0 Å². The minimum atomic E-state index is 0. The first-order chi connectivity index (χ1) is 5.11. The molecule has 1 aromatic heterocycles. The zero-order valence-electron chi connectivity index (χ0n) is 8.00. The maximum absolute atomic E-state index is 4.17. The van der Waals surface area contributed by atoms with E-state index in [2.05, 4.69) is 32.1 Å². The summed E-state index contributed by atoms with van der Waals surface area (Å²) in [5, 5.41) is 0. The monoisotopic (exact) mass is 338 g/mol. The van der Waals surface area contributed by atoms with Crippen LogP contribution in [-0.2, 0) is 27.5 Å². The van der Waals surface area contributed by atoms with Crippen molar-refractivity contribution in [3.63, 3.8) is 0 Å². The fourth-order valence-corrected chi connectivity index (χ4v) is 0.954. The summed E-state index contributed by atoms with van der Waals surface area (Å²) in [6.07, 6.45) is 4.90. The van der Waals surface area contributed by atoms with Gasteiger partial charge in [0.2, 0.25) is 0 Å². The molecule has 0 fully saturated rings. The molecule has 0 aliphatic carbocycles. The Morgan fingerprint density at radius 3 is 2.33 bits per heavy atom. The molecule has 0 spiro atoms. The Labute approximate surface area is 88.0 Å². The Balaban J connectivity index is 0.00000121. The molecular formula is C9H15N2Re-. The number of rotatable bonds is 2. The molecule has 0 aliphatic heterocycles. The van der Waals surface area contributed by atoms with Gasteiger partial charge in [-0.2, -0.15) is 0 Å². The maximum atomic E-state index is 4.17. The van der Waals surface area contributed by atoms with Crippen LogP contribution in [0.4, 0.5) is 0 Å². The van der Waals surface area contributed by atoms with Crippen molar-refractivity contribution in [2.24, 2.45) is 13.0 Å². The molecule has 0 saturated carbocycles. The van der Waals surface area contributed by atoms with Crippen molar-refractivity contribution in [3.8, 4) is 0 Å². The van der Waals surface area contributed by atoms with Crippen molar-refractivity contribution < 1.29 is 20.4 Å². The van der Waals surface area contributed by atoms with Crippen LogP contribution in [0, 0.1) is 12.2 Å². The van der Waals surface area contributed by atoms with Crippen LogP contribution < -0.4 is 0 Å².